The zero-order valence-corrected chi connectivity index (χ0v) is 12.7. The number of benzene rings is 1. The number of aromatic nitrogens is 1. The minimum atomic E-state index is 0.236. The number of nitrogens with one attached hydrogen (secondary N) is 1. The maximum absolute atomic E-state index is 5.91. The van der Waals surface area contributed by atoms with Crippen molar-refractivity contribution >= 4 is 44.6 Å². The second-order valence-electron chi connectivity index (χ2n) is 3.79. The van der Waals surface area contributed by atoms with E-state index in [4.69, 9.17) is 11.6 Å². The molecule has 1 aromatic heterocycles. The van der Waals surface area contributed by atoms with Gasteiger partial charge in [-0.3, -0.25) is 0 Å². The molecule has 0 saturated carbocycles. The quantitative estimate of drug-likeness (QED) is 0.852. The van der Waals surface area contributed by atoms with E-state index in [1.165, 1.54) is 4.88 Å². The third-order valence-electron chi connectivity index (χ3n) is 2.48. The fourth-order valence-corrected chi connectivity index (χ4v) is 3.24. The van der Waals surface area contributed by atoms with Crippen LogP contribution in [0.2, 0.25) is 5.02 Å². The van der Waals surface area contributed by atoms with Crippen molar-refractivity contribution in [1.29, 1.82) is 0 Å². The largest absolute Gasteiger partial charge is 0.377 e. The molecule has 0 aliphatic carbocycles. The molecule has 0 bridgehead atoms. The topological polar surface area (TPSA) is 24.9 Å². The highest BCUT2D eigenvalue weighted by Crippen LogP contribution is 2.30. The van der Waals surface area contributed by atoms with E-state index in [0.717, 1.165) is 20.9 Å². The summed E-state index contributed by atoms with van der Waals surface area (Å²) in [6, 6.07) is 5.97. The maximum atomic E-state index is 5.91. The van der Waals surface area contributed by atoms with Crippen molar-refractivity contribution in [3.05, 3.63) is 43.8 Å². The van der Waals surface area contributed by atoms with Gasteiger partial charge in [-0.25, -0.2) is 4.98 Å². The van der Waals surface area contributed by atoms with Gasteiger partial charge in [0.05, 0.1) is 17.2 Å². The lowest BCUT2D eigenvalue weighted by molar-refractivity contribution is 0.889. The van der Waals surface area contributed by atoms with Gasteiger partial charge >= 0.3 is 0 Å². The molecule has 0 fully saturated rings. The molecule has 0 aliphatic rings. The molecule has 1 aromatic carbocycles. The van der Waals surface area contributed by atoms with E-state index < -0.39 is 0 Å². The van der Waals surface area contributed by atoms with Crippen molar-refractivity contribution in [3.63, 3.8) is 0 Å². The van der Waals surface area contributed by atoms with Crippen molar-refractivity contribution in [2.24, 2.45) is 0 Å². The SMILES string of the molecule is Cc1ncsc1C(C)Nc1ccc(Cl)cc1Br. The number of anilines is 1. The highest BCUT2D eigenvalue weighted by atomic mass is 79.9. The summed E-state index contributed by atoms with van der Waals surface area (Å²) in [6.07, 6.45) is 0. The molecule has 17 heavy (non-hydrogen) atoms. The minimum Gasteiger partial charge on any atom is -0.377 e. The van der Waals surface area contributed by atoms with Crippen LogP contribution in [0.15, 0.2) is 28.2 Å². The highest BCUT2D eigenvalue weighted by Gasteiger charge is 2.12. The van der Waals surface area contributed by atoms with Crippen LogP contribution in [0.4, 0.5) is 5.69 Å². The zero-order valence-electron chi connectivity index (χ0n) is 9.50. The highest BCUT2D eigenvalue weighted by molar-refractivity contribution is 9.10. The predicted octanol–water partition coefficient (Wildman–Crippen LogP) is 5.04. The number of aryl methyl sites for hydroxylation is 1. The average Bonchev–Trinajstić information content (AvgIpc) is 2.68. The smallest absolute Gasteiger partial charge is 0.0798 e. The van der Waals surface area contributed by atoms with E-state index in [-0.39, 0.29) is 6.04 Å². The van der Waals surface area contributed by atoms with E-state index >= 15 is 0 Å². The van der Waals surface area contributed by atoms with Crippen molar-refractivity contribution in [1.82, 2.24) is 4.98 Å². The first-order valence-corrected chi connectivity index (χ1v) is 7.24. The first-order valence-electron chi connectivity index (χ1n) is 5.19. The Morgan fingerprint density at radius 2 is 2.24 bits per heavy atom. The van der Waals surface area contributed by atoms with E-state index in [9.17, 15) is 0 Å². The Hall–Kier alpha value is -0.580. The molecule has 1 unspecified atom stereocenters. The molecular formula is C12H12BrClN2S. The van der Waals surface area contributed by atoms with Gasteiger partial charge in [0.15, 0.2) is 0 Å². The van der Waals surface area contributed by atoms with Crippen LogP contribution >= 0.6 is 38.9 Å². The molecule has 1 N–H and O–H groups in total. The molecule has 1 heterocycles. The molecular weight excluding hydrogens is 320 g/mol. The fourth-order valence-electron chi connectivity index (χ4n) is 1.63. The lowest BCUT2D eigenvalue weighted by Crippen LogP contribution is -2.06. The van der Waals surface area contributed by atoms with Gasteiger partial charge in [0.25, 0.3) is 0 Å². The van der Waals surface area contributed by atoms with Crippen LogP contribution in [0, 0.1) is 6.92 Å². The van der Waals surface area contributed by atoms with Crippen molar-refractivity contribution in [2.45, 2.75) is 19.9 Å². The van der Waals surface area contributed by atoms with Crippen LogP contribution in [0.3, 0.4) is 0 Å². The lowest BCUT2D eigenvalue weighted by atomic mass is 10.2. The summed E-state index contributed by atoms with van der Waals surface area (Å²) >= 11 is 11.1. The first-order chi connectivity index (χ1) is 8.08. The molecule has 0 radical (unpaired) electrons. The molecule has 0 aliphatic heterocycles. The Bertz CT molecular complexity index is 527. The molecule has 0 spiro atoms. The summed E-state index contributed by atoms with van der Waals surface area (Å²) in [5.74, 6) is 0. The van der Waals surface area contributed by atoms with Gasteiger partial charge in [-0.1, -0.05) is 11.6 Å². The Balaban J connectivity index is 2.19. The van der Waals surface area contributed by atoms with Crippen molar-refractivity contribution in [2.75, 3.05) is 5.32 Å². The van der Waals surface area contributed by atoms with Gasteiger partial charge in [-0.05, 0) is 48.0 Å². The van der Waals surface area contributed by atoms with E-state index in [0.29, 0.717) is 0 Å². The Kier molecular flexibility index (Phi) is 4.07. The molecule has 2 rings (SSSR count). The third kappa shape index (κ3) is 3.00. The average molecular weight is 332 g/mol. The Morgan fingerprint density at radius 1 is 1.47 bits per heavy atom. The van der Waals surface area contributed by atoms with Gasteiger partial charge < -0.3 is 5.32 Å². The minimum absolute atomic E-state index is 0.236. The molecule has 0 amide bonds. The Morgan fingerprint density at radius 3 is 2.82 bits per heavy atom. The maximum Gasteiger partial charge on any atom is 0.0798 e. The lowest BCUT2D eigenvalue weighted by Gasteiger charge is -2.15. The summed E-state index contributed by atoms with van der Waals surface area (Å²) in [4.78, 5) is 5.52. The normalized spacial score (nSPS) is 12.5. The van der Waals surface area contributed by atoms with Crippen molar-refractivity contribution < 1.29 is 0 Å². The van der Waals surface area contributed by atoms with Gasteiger partial charge in [0, 0.05) is 20.1 Å². The molecule has 1 atom stereocenters. The van der Waals surface area contributed by atoms with Crippen LogP contribution in [0.1, 0.15) is 23.5 Å². The summed E-state index contributed by atoms with van der Waals surface area (Å²) in [7, 11) is 0. The van der Waals surface area contributed by atoms with Crippen LogP contribution in [0.5, 0.6) is 0 Å². The molecule has 2 nitrogen and oxygen atoms in total. The second-order valence-corrected chi connectivity index (χ2v) is 5.97. The van der Waals surface area contributed by atoms with Gasteiger partial charge in [0.1, 0.15) is 0 Å². The fraction of sp³-hybridized carbons (Fsp3) is 0.250. The Labute approximate surface area is 118 Å². The molecule has 5 heteroatoms. The molecule has 90 valence electrons. The molecule has 2 aromatic rings. The number of nitrogens with zero attached hydrogens (tertiary/aromatic N) is 1. The number of hydrogen-bond donors (Lipinski definition) is 1. The van der Waals surface area contributed by atoms with Crippen LogP contribution < -0.4 is 5.32 Å². The van der Waals surface area contributed by atoms with Crippen LogP contribution in [-0.4, -0.2) is 4.98 Å². The predicted molar refractivity (Wildman–Crippen MR) is 78.0 cm³/mol. The van der Waals surface area contributed by atoms with E-state index in [1.807, 2.05) is 30.6 Å². The van der Waals surface area contributed by atoms with Gasteiger partial charge in [0.2, 0.25) is 0 Å². The number of rotatable bonds is 3. The zero-order chi connectivity index (χ0) is 12.4. The van der Waals surface area contributed by atoms with E-state index in [1.54, 1.807) is 11.3 Å². The summed E-state index contributed by atoms with van der Waals surface area (Å²) in [5, 5.41) is 4.17. The second kappa shape index (κ2) is 5.38. The van der Waals surface area contributed by atoms with E-state index in [2.05, 4.69) is 33.2 Å². The first kappa shape index (κ1) is 12.9. The monoisotopic (exact) mass is 330 g/mol. The van der Waals surface area contributed by atoms with Crippen LogP contribution in [-0.2, 0) is 0 Å². The third-order valence-corrected chi connectivity index (χ3v) is 4.48. The van der Waals surface area contributed by atoms with Crippen molar-refractivity contribution in [3.8, 4) is 0 Å². The number of hydrogen-bond acceptors (Lipinski definition) is 3. The van der Waals surface area contributed by atoms with Crippen LogP contribution in [0.25, 0.3) is 0 Å². The molecule has 0 saturated heterocycles. The standard InChI is InChI=1S/C12H12BrClN2S/c1-7-12(17-6-15-7)8(2)16-11-4-3-9(14)5-10(11)13/h3-6,8,16H,1-2H3. The van der Waals surface area contributed by atoms with Gasteiger partial charge in [-0.15, -0.1) is 11.3 Å². The summed E-state index contributed by atoms with van der Waals surface area (Å²) < 4.78 is 0.971. The summed E-state index contributed by atoms with van der Waals surface area (Å²) in [6.45, 7) is 4.16. The number of halogens is 2. The summed E-state index contributed by atoms with van der Waals surface area (Å²) in [5.41, 5.74) is 3.99. The number of thiazole rings is 1. The van der Waals surface area contributed by atoms with Gasteiger partial charge in [-0.2, -0.15) is 0 Å².